The van der Waals surface area contributed by atoms with E-state index < -0.39 is 6.10 Å². The van der Waals surface area contributed by atoms with Crippen molar-refractivity contribution in [3.8, 4) is 0 Å². The number of halogens is 1. The number of carbonyl (C=O) groups excluding carboxylic acids is 1. The molecule has 1 aromatic heterocycles. The van der Waals surface area contributed by atoms with Crippen LogP contribution >= 0.6 is 11.3 Å². The van der Waals surface area contributed by atoms with Gasteiger partial charge < -0.3 is 15.0 Å². The van der Waals surface area contributed by atoms with Gasteiger partial charge >= 0.3 is 0 Å². The van der Waals surface area contributed by atoms with E-state index in [2.05, 4.69) is 22.2 Å². The van der Waals surface area contributed by atoms with E-state index in [1.165, 1.54) is 12.1 Å². The maximum absolute atomic E-state index is 13.1. The Morgan fingerprint density at radius 1 is 1.28 bits per heavy atom. The minimum atomic E-state index is -0.433. The second-order valence-electron chi connectivity index (χ2n) is 8.19. The lowest BCUT2D eigenvalue weighted by atomic mass is 9.88. The van der Waals surface area contributed by atoms with Crippen LogP contribution in [0.4, 0.5) is 4.39 Å². The highest BCUT2D eigenvalue weighted by Crippen LogP contribution is 2.32. The molecule has 2 fully saturated rings. The summed E-state index contributed by atoms with van der Waals surface area (Å²) in [5.74, 6) is -0.230. The number of likely N-dealkylation sites (tertiary alicyclic amines) is 1. The molecule has 1 aromatic carbocycles. The second-order valence-corrected chi connectivity index (χ2v) is 9.22. The van der Waals surface area contributed by atoms with Crippen LogP contribution in [0.25, 0.3) is 0 Å². The topological polar surface area (TPSA) is 44.8 Å². The Balaban J connectivity index is 1.31. The molecule has 0 saturated carbocycles. The molecule has 2 aromatic rings. The van der Waals surface area contributed by atoms with Crippen LogP contribution in [-0.4, -0.2) is 60.6 Å². The highest BCUT2D eigenvalue weighted by atomic mass is 32.1. The number of hydrogen-bond acceptors (Lipinski definition) is 5. The molecule has 1 spiro atoms. The summed E-state index contributed by atoms with van der Waals surface area (Å²) in [5.41, 5.74) is 0.854. The quantitative estimate of drug-likeness (QED) is 0.813. The summed E-state index contributed by atoms with van der Waals surface area (Å²) in [6.07, 6.45) is 1.36. The summed E-state index contributed by atoms with van der Waals surface area (Å²) in [6, 6.07) is 10.7. The molecule has 0 bridgehead atoms. The number of rotatable bonds is 5. The van der Waals surface area contributed by atoms with E-state index in [4.69, 9.17) is 4.74 Å². The zero-order valence-electron chi connectivity index (χ0n) is 16.8. The van der Waals surface area contributed by atoms with Crippen molar-refractivity contribution >= 4 is 17.2 Å². The summed E-state index contributed by atoms with van der Waals surface area (Å²) >= 11 is 1.64. The first-order valence-electron chi connectivity index (χ1n) is 10.1. The zero-order chi connectivity index (χ0) is 20.3. The van der Waals surface area contributed by atoms with E-state index in [1.54, 1.807) is 11.3 Å². The molecule has 29 heavy (non-hydrogen) atoms. The molecule has 2 aliphatic heterocycles. The Bertz CT molecular complexity index is 804. The van der Waals surface area contributed by atoms with Gasteiger partial charge in [0, 0.05) is 37.6 Å². The van der Waals surface area contributed by atoms with Crippen LogP contribution in [-0.2, 0) is 22.6 Å². The molecule has 5 nitrogen and oxygen atoms in total. The van der Waals surface area contributed by atoms with Crippen molar-refractivity contribution in [1.29, 1.82) is 0 Å². The highest BCUT2D eigenvalue weighted by Gasteiger charge is 2.43. The normalized spacial score (nSPS) is 22.6. The van der Waals surface area contributed by atoms with E-state index in [1.807, 2.05) is 29.6 Å². The summed E-state index contributed by atoms with van der Waals surface area (Å²) in [6.45, 7) is 4.67. The van der Waals surface area contributed by atoms with Gasteiger partial charge in [-0.1, -0.05) is 18.2 Å². The van der Waals surface area contributed by atoms with Crippen LogP contribution in [0.2, 0.25) is 0 Å². The highest BCUT2D eigenvalue weighted by molar-refractivity contribution is 7.09. The molecule has 156 valence electrons. The fourth-order valence-electron chi connectivity index (χ4n) is 4.30. The SMILES string of the molecule is CN1C[C@H](C(=O)NCc2cccs2)OC2(CCN(Cc3ccc(F)cc3)CC2)C1. The van der Waals surface area contributed by atoms with Crippen molar-refractivity contribution in [2.24, 2.45) is 0 Å². The summed E-state index contributed by atoms with van der Waals surface area (Å²) in [4.78, 5) is 18.4. The lowest BCUT2D eigenvalue weighted by Crippen LogP contribution is -2.61. The van der Waals surface area contributed by atoms with Crippen molar-refractivity contribution in [2.45, 2.75) is 37.6 Å². The van der Waals surface area contributed by atoms with Gasteiger partial charge in [0.1, 0.15) is 11.9 Å². The maximum atomic E-state index is 13.1. The van der Waals surface area contributed by atoms with E-state index in [9.17, 15) is 9.18 Å². The van der Waals surface area contributed by atoms with Gasteiger partial charge in [0.25, 0.3) is 5.91 Å². The fraction of sp³-hybridized carbons (Fsp3) is 0.500. The molecule has 7 heteroatoms. The summed E-state index contributed by atoms with van der Waals surface area (Å²) in [5, 5.41) is 5.04. The lowest BCUT2D eigenvalue weighted by Gasteiger charge is -2.48. The van der Waals surface area contributed by atoms with Crippen molar-refractivity contribution in [2.75, 3.05) is 33.2 Å². The molecule has 0 radical (unpaired) electrons. The van der Waals surface area contributed by atoms with Gasteiger partial charge in [-0.05, 0) is 49.0 Å². The number of nitrogens with one attached hydrogen (secondary N) is 1. The summed E-state index contributed by atoms with van der Waals surface area (Å²) in [7, 11) is 2.06. The van der Waals surface area contributed by atoms with Gasteiger partial charge in [0.2, 0.25) is 0 Å². The second kappa shape index (κ2) is 8.92. The first-order valence-corrected chi connectivity index (χ1v) is 11.0. The van der Waals surface area contributed by atoms with E-state index in [0.717, 1.165) is 49.5 Å². The largest absolute Gasteiger partial charge is 0.359 e. The summed E-state index contributed by atoms with van der Waals surface area (Å²) < 4.78 is 19.5. The van der Waals surface area contributed by atoms with Crippen LogP contribution in [0.15, 0.2) is 41.8 Å². The molecule has 3 heterocycles. The number of benzene rings is 1. The molecule has 1 atom stereocenters. The first-order chi connectivity index (χ1) is 14.0. The predicted octanol–water partition coefficient (Wildman–Crippen LogP) is 2.87. The average Bonchev–Trinajstić information content (AvgIpc) is 3.23. The van der Waals surface area contributed by atoms with Gasteiger partial charge in [-0.2, -0.15) is 0 Å². The molecule has 1 amide bonds. The van der Waals surface area contributed by atoms with Crippen LogP contribution in [0.5, 0.6) is 0 Å². The molecule has 4 rings (SSSR count). The average molecular weight is 418 g/mol. The number of amides is 1. The van der Waals surface area contributed by atoms with Crippen molar-refractivity contribution < 1.29 is 13.9 Å². The van der Waals surface area contributed by atoms with Crippen LogP contribution in [0.3, 0.4) is 0 Å². The van der Waals surface area contributed by atoms with Gasteiger partial charge in [0.05, 0.1) is 12.1 Å². The Morgan fingerprint density at radius 2 is 2.03 bits per heavy atom. The molecular formula is C22H28FN3O2S. The minimum absolute atomic E-state index is 0.0296. The van der Waals surface area contributed by atoms with E-state index in [0.29, 0.717) is 13.1 Å². The van der Waals surface area contributed by atoms with Gasteiger partial charge in [0.15, 0.2) is 0 Å². The number of thiophene rings is 1. The lowest BCUT2D eigenvalue weighted by molar-refractivity contribution is -0.182. The maximum Gasteiger partial charge on any atom is 0.250 e. The zero-order valence-corrected chi connectivity index (χ0v) is 17.6. The number of carbonyl (C=O) groups is 1. The molecule has 1 N–H and O–H groups in total. The number of morpholine rings is 1. The third kappa shape index (κ3) is 5.22. The number of hydrogen-bond donors (Lipinski definition) is 1. The first kappa shape index (κ1) is 20.5. The standard InChI is InChI=1S/C22H28FN3O2S/c1-25-15-20(21(27)24-13-19-3-2-12-29-19)28-22(16-25)8-10-26(11-9-22)14-17-4-6-18(23)7-5-17/h2-7,12,20H,8-11,13-16H2,1H3,(H,24,27)/t20-/m1/s1. The third-order valence-corrected chi connectivity index (χ3v) is 6.70. The Labute approximate surface area is 175 Å². The molecule has 2 saturated heterocycles. The van der Waals surface area contributed by atoms with Crippen LogP contribution in [0.1, 0.15) is 23.3 Å². The van der Waals surface area contributed by atoms with Crippen LogP contribution < -0.4 is 5.32 Å². The van der Waals surface area contributed by atoms with E-state index >= 15 is 0 Å². The third-order valence-electron chi connectivity index (χ3n) is 5.82. The number of likely N-dealkylation sites (N-methyl/N-ethyl adjacent to an activating group) is 1. The smallest absolute Gasteiger partial charge is 0.250 e. The predicted molar refractivity (Wildman–Crippen MR) is 112 cm³/mol. The van der Waals surface area contributed by atoms with Gasteiger partial charge in [-0.25, -0.2) is 4.39 Å². The molecule has 0 unspecified atom stereocenters. The fourth-order valence-corrected chi connectivity index (χ4v) is 4.94. The van der Waals surface area contributed by atoms with Gasteiger partial charge in [-0.15, -0.1) is 11.3 Å². The molecule has 0 aliphatic carbocycles. The number of ether oxygens (including phenoxy) is 1. The molecule has 2 aliphatic rings. The van der Waals surface area contributed by atoms with Crippen molar-refractivity contribution in [3.05, 3.63) is 58.0 Å². The number of nitrogens with zero attached hydrogens (tertiary/aromatic N) is 2. The van der Waals surface area contributed by atoms with Crippen LogP contribution in [0, 0.1) is 5.82 Å². The minimum Gasteiger partial charge on any atom is -0.359 e. The number of piperidine rings is 1. The Kier molecular flexibility index (Phi) is 6.29. The molecular weight excluding hydrogens is 389 g/mol. The Morgan fingerprint density at radius 3 is 2.72 bits per heavy atom. The monoisotopic (exact) mass is 417 g/mol. The van der Waals surface area contributed by atoms with E-state index in [-0.39, 0.29) is 17.3 Å². The van der Waals surface area contributed by atoms with Crippen molar-refractivity contribution in [1.82, 2.24) is 15.1 Å². The van der Waals surface area contributed by atoms with Gasteiger partial charge in [-0.3, -0.25) is 9.69 Å². The van der Waals surface area contributed by atoms with Crippen molar-refractivity contribution in [3.63, 3.8) is 0 Å². The Hall–Kier alpha value is -1.80.